The van der Waals surface area contributed by atoms with Gasteiger partial charge in [0, 0.05) is 27.4 Å². The van der Waals surface area contributed by atoms with E-state index >= 15 is 0 Å². The number of thioether (sulfide) groups is 1. The average molecular weight is 623 g/mol. The molecule has 0 saturated heterocycles. The maximum Gasteiger partial charge on any atom is 0.288 e. The van der Waals surface area contributed by atoms with Gasteiger partial charge < -0.3 is 31.2 Å². The minimum atomic E-state index is -2.56. The summed E-state index contributed by atoms with van der Waals surface area (Å²) < 4.78 is 36.1. The zero-order valence-corrected chi connectivity index (χ0v) is 23.2. The van der Waals surface area contributed by atoms with Crippen molar-refractivity contribution < 1.29 is 27.8 Å². The van der Waals surface area contributed by atoms with Crippen LogP contribution in [0.2, 0.25) is 10.0 Å². The molecule has 1 aliphatic heterocycles. The standard InChI is InChI=1S/C26H18Cl2F2N4O4S2/c27-12-1-7-16(28)17(9-12)34-23(35)20-21(31)22(24(36)32-14-4-8-18-19(10-14)38-11-37-18)40-25(20)33-13-2-5-15(6-3-13)39-26(29)30/h1-10,26,33H,11,31H2,(H,32,36)(H,34,35). The molecule has 2 heterocycles. The largest absolute Gasteiger partial charge is 0.454 e. The number of anilines is 5. The molecular formula is C26H18Cl2F2N4O4S2. The number of nitrogens with one attached hydrogen (secondary N) is 3. The minimum absolute atomic E-state index is 0.0112. The summed E-state index contributed by atoms with van der Waals surface area (Å²) >= 11 is 13.6. The zero-order valence-electron chi connectivity index (χ0n) is 20.1. The molecule has 206 valence electrons. The van der Waals surface area contributed by atoms with Crippen molar-refractivity contribution >= 4 is 85.9 Å². The number of carbonyl (C=O) groups excluding carboxylic acids is 2. The lowest BCUT2D eigenvalue weighted by Gasteiger charge is -2.11. The van der Waals surface area contributed by atoms with Gasteiger partial charge in [-0.2, -0.15) is 8.78 Å². The smallest absolute Gasteiger partial charge is 0.288 e. The molecule has 0 atom stereocenters. The van der Waals surface area contributed by atoms with Crippen LogP contribution in [0.5, 0.6) is 11.5 Å². The number of carbonyl (C=O) groups is 2. The molecule has 40 heavy (non-hydrogen) atoms. The second-order valence-electron chi connectivity index (χ2n) is 8.18. The van der Waals surface area contributed by atoms with Crippen molar-refractivity contribution in [2.24, 2.45) is 0 Å². The zero-order chi connectivity index (χ0) is 28.4. The topological polar surface area (TPSA) is 115 Å². The Morgan fingerprint density at radius 3 is 2.40 bits per heavy atom. The van der Waals surface area contributed by atoms with E-state index in [1.165, 1.54) is 24.3 Å². The van der Waals surface area contributed by atoms with Crippen molar-refractivity contribution in [3.63, 3.8) is 0 Å². The predicted molar refractivity (Wildman–Crippen MR) is 155 cm³/mol. The first-order valence-electron chi connectivity index (χ1n) is 11.4. The van der Waals surface area contributed by atoms with Crippen molar-refractivity contribution in [3.8, 4) is 11.5 Å². The molecule has 4 aromatic rings. The SMILES string of the molecule is Nc1c(C(=O)Nc2ccc3c(c2)OCO3)sc(Nc2ccc(SC(F)F)cc2)c1C(=O)Nc1cc(Cl)ccc1Cl. The van der Waals surface area contributed by atoms with Crippen LogP contribution >= 0.6 is 46.3 Å². The van der Waals surface area contributed by atoms with Crippen molar-refractivity contribution in [1.82, 2.24) is 0 Å². The molecule has 0 spiro atoms. The molecule has 0 unspecified atom stereocenters. The number of ether oxygens (including phenoxy) is 2. The van der Waals surface area contributed by atoms with E-state index < -0.39 is 17.6 Å². The first-order chi connectivity index (χ1) is 19.2. The summed E-state index contributed by atoms with van der Waals surface area (Å²) in [5.41, 5.74) is 7.43. The number of halogens is 4. The van der Waals surface area contributed by atoms with Gasteiger partial charge in [0.15, 0.2) is 11.5 Å². The van der Waals surface area contributed by atoms with Gasteiger partial charge in [0.1, 0.15) is 9.88 Å². The van der Waals surface area contributed by atoms with Gasteiger partial charge in [-0.15, -0.1) is 11.3 Å². The lowest BCUT2D eigenvalue weighted by atomic mass is 10.2. The first-order valence-corrected chi connectivity index (χ1v) is 13.8. The third kappa shape index (κ3) is 6.20. The van der Waals surface area contributed by atoms with Crippen molar-refractivity contribution in [2.75, 3.05) is 28.5 Å². The van der Waals surface area contributed by atoms with Gasteiger partial charge in [0.2, 0.25) is 6.79 Å². The van der Waals surface area contributed by atoms with E-state index in [0.29, 0.717) is 44.6 Å². The minimum Gasteiger partial charge on any atom is -0.454 e. The Labute approximate surface area is 244 Å². The van der Waals surface area contributed by atoms with E-state index in [9.17, 15) is 18.4 Å². The van der Waals surface area contributed by atoms with Crippen molar-refractivity contribution in [1.29, 1.82) is 0 Å². The van der Waals surface area contributed by atoms with Crippen LogP contribution in [-0.4, -0.2) is 24.4 Å². The summed E-state index contributed by atoms with van der Waals surface area (Å²) in [6.45, 7) is 0.0799. The molecule has 5 N–H and O–H groups in total. The van der Waals surface area contributed by atoms with E-state index in [2.05, 4.69) is 16.0 Å². The fourth-order valence-electron chi connectivity index (χ4n) is 3.72. The van der Waals surface area contributed by atoms with Crippen LogP contribution in [0.25, 0.3) is 0 Å². The second kappa shape index (κ2) is 11.8. The molecule has 1 aromatic heterocycles. The highest BCUT2D eigenvalue weighted by molar-refractivity contribution is 7.99. The van der Waals surface area contributed by atoms with Gasteiger partial charge in [0.25, 0.3) is 17.6 Å². The lowest BCUT2D eigenvalue weighted by Crippen LogP contribution is -2.16. The van der Waals surface area contributed by atoms with Crippen LogP contribution in [0.4, 0.5) is 36.5 Å². The molecule has 2 amide bonds. The number of hydrogen-bond acceptors (Lipinski definition) is 8. The molecule has 1 aliphatic rings. The summed E-state index contributed by atoms with van der Waals surface area (Å²) in [6.07, 6.45) is 0. The van der Waals surface area contributed by atoms with Gasteiger partial charge in [-0.25, -0.2) is 0 Å². The molecular weight excluding hydrogens is 605 g/mol. The Morgan fingerprint density at radius 2 is 1.65 bits per heavy atom. The van der Waals surface area contributed by atoms with E-state index in [4.69, 9.17) is 38.4 Å². The third-order valence-corrected chi connectivity index (χ3v) is 7.93. The first kappa shape index (κ1) is 27.8. The lowest BCUT2D eigenvalue weighted by molar-refractivity contribution is 0.102. The summed E-state index contributed by atoms with van der Waals surface area (Å²) in [6, 6.07) is 15.6. The highest BCUT2D eigenvalue weighted by Gasteiger charge is 2.27. The number of rotatable bonds is 8. The maximum atomic E-state index is 13.4. The number of hydrogen-bond donors (Lipinski definition) is 4. The molecule has 0 saturated carbocycles. The van der Waals surface area contributed by atoms with Crippen LogP contribution in [0, 0.1) is 0 Å². The number of amides is 2. The van der Waals surface area contributed by atoms with E-state index in [1.54, 1.807) is 36.4 Å². The van der Waals surface area contributed by atoms with Gasteiger partial charge in [-0.1, -0.05) is 35.0 Å². The normalized spacial score (nSPS) is 11.9. The van der Waals surface area contributed by atoms with Gasteiger partial charge in [-0.05, 0) is 54.6 Å². The van der Waals surface area contributed by atoms with Crippen molar-refractivity contribution in [2.45, 2.75) is 10.7 Å². The Morgan fingerprint density at radius 1 is 0.925 bits per heavy atom. The summed E-state index contributed by atoms with van der Waals surface area (Å²) in [4.78, 5) is 27.1. The molecule has 5 rings (SSSR count). The Kier molecular flexibility index (Phi) is 8.22. The number of alkyl halides is 2. The molecule has 0 radical (unpaired) electrons. The van der Waals surface area contributed by atoms with Crippen LogP contribution in [0.15, 0.2) is 65.6 Å². The van der Waals surface area contributed by atoms with Crippen molar-refractivity contribution in [3.05, 3.63) is 81.1 Å². The van der Waals surface area contributed by atoms with Crippen LogP contribution < -0.4 is 31.2 Å². The molecule has 3 aromatic carbocycles. The quantitative estimate of drug-likeness (QED) is 0.147. The highest BCUT2D eigenvalue weighted by atomic mass is 35.5. The predicted octanol–water partition coefficient (Wildman–Crippen LogP) is 7.93. The molecule has 0 aliphatic carbocycles. The number of benzene rings is 3. The van der Waals surface area contributed by atoms with Crippen LogP contribution in [0.1, 0.15) is 20.0 Å². The Bertz CT molecular complexity index is 1600. The van der Waals surface area contributed by atoms with Crippen LogP contribution in [-0.2, 0) is 0 Å². The monoisotopic (exact) mass is 622 g/mol. The second-order valence-corrected chi connectivity index (χ2v) is 11.1. The Balaban J connectivity index is 1.46. The maximum absolute atomic E-state index is 13.4. The third-order valence-electron chi connectivity index (χ3n) is 5.52. The molecule has 0 bridgehead atoms. The van der Waals surface area contributed by atoms with Crippen LogP contribution in [0.3, 0.4) is 0 Å². The van der Waals surface area contributed by atoms with E-state index in [1.807, 2.05) is 0 Å². The van der Waals surface area contributed by atoms with Gasteiger partial charge in [-0.3, -0.25) is 9.59 Å². The fourth-order valence-corrected chi connectivity index (χ4v) is 5.59. The summed E-state index contributed by atoms with van der Waals surface area (Å²) in [5.74, 6) is -2.74. The number of nitrogens with two attached hydrogens (primary N) is 1. The highest BCUT2D eigenvalue weighted by Crippen LogP contribution is 2.40. The fraction of sp³-hybridized carbons (Fsp3) is 0.0769. The van der Waals surface area contributed by atoms with E-state index in [-0.39, 0.29) is 38.6 Å². The molecule has 14 heteroatoms. The van der Waals surface area contributed by atoms with E-state index in [0.717, 1.165) is 11.3 Å². The summed E-state index contributed by atoms with van der Waals surface area (Å²) in [5, 5.41) is 9.33. The number of nitrogen functional groups attached to an aromatic ring is 1. The van der Waals surface area contributed by atoms with Gasteiger partial charge in [0.05, 0.1) is 22.0 Å². The molecule has 8 nitrogen and oxygen atoms in total. The number of fused-ring (bicyclic) bond motifs is 1. The average Bonchev–Trinajstić information content (AvgIpc) is 3.50. The Hall–Kier alpha value is -3.71. The van der Waals surface area contributed by atoms with Gasteiger partial charge >= 0.3 is 0 Å². The number of thiophene rings is 1. The molecule has 0 fully saturated rings. The summed E-state index contributed by atoms with van der Waals surface area (Å²) in [7, 11) is 0.